The van der Waals surface area contributed by atoms with Crippen molar-refractivity contribution in [3.63, 3.8) is 0 Å². The monoisotopic (exact) mass is 227 g/mol. The number of aromatic nitrogens is 1. The Balaban J connectivity index is 3.18. The summed E-state index contributed by atoms with van der Waals surface area (Å²) in [6.45, 7) is 1.49. The van der Waals surface area contributed by atoms with E-state index in [1.165, 1.54) is 24.7 Å². The molecule has 1 heterocycles. The first-order valence-electron chi connectivity index (χ1n) is 4.57. The molecule has 0 aliphatic rings. The first kappa shape index (κ1) is 10.7. The van der Waals surface area contributed by atoms with Crippen LogP contribution in [-0.4, -0.2) is 4.57 Å². The number of halogens is 3. The van der Waals surface area contributed by atoms with Crippen molar-refractivity contribution < 1.29 is 13.2 Å². The van der Waals surface area contributed by atoms with Crippen LogP contribution in [0.3, 0.4) is 0 Å². The summed E-state index contributed by atoms with van der Waals surface area (Å²) >= 11 is 0. The van der Waals surface area contributed by atoms with Gasteiger partial charge < -0.3 is 4.57 Å². The summed E-state index contributed by atoms with van der Waals surface area (Å²) in [5.74, 6) is -3.56. The fourth-order valence-corrected chi connectivity index (χ4v) is 1.74. The van der Waals surface area contributed by atoms with Gasteiger partial charge in [-0.1, -0.05) is 0 Å². The molecule has 0 saturated carbocycles. The Kier molecular flexibility index (Phi) is 2.26. The molecule has 5 heteroatoms. The maximum Gasteiger partial charge on any atom is 0.195 e. The van der Waals surface area contributed by atoms with Crippen molar-refractivity contribution in [2.75, 3.05) is 0 Å². The van der Waals surface area contributed by atoms with E-state index in [0.717, 1.165) is 0 Å². The van der Waals surface area contributed by atoms with Crippen LogP contribution in [0, 0.1) is 24.4 Å². The minimum atomic E-state index is -1.30. The lowest BCUT2D eigenvalue weighted by Gasteiger charge is -2.08. The normalized spacial score (nSPS) is 11.1. The van der Waals surface area contributed by atoms with Gasteiger partial charge in [-0.2, -0.15) is 0 Å². The van der Waals surface area contributed by atoms with Crippen LogP contribution in [0.1, 0.15) is 5.56 Å². The van der Waals surface area contributed by atoms with Gasteiger partial charge in [0.05, 0.1) is 10.9 Å². The number of rotatable bonds is 0. The average Bonchev–Trinajstić information content (AvgIpc) is 2.20. The molecular formula is C11H8F3NO. The predicted molar refractivity (Wildman–Crippen MR) is 53.8 cm³/mol. The largest absolute Gasteiger partial charge is 0.348 e. The second kappa shape index (κ2) is 3.37. The Morgan fingerprint density at radius 1 is 1.19 bits per heavy atom. The first-order valence-corrected chi connectivity index (χ1v) is 4.57. The summed E-state index contributed by atoms with van der Waals surface area (Å²) in [7, 11) is 1.43. The van der Waals surface area contributed by atoms with E-state index in [1.807, 2.05) is 0 Å². The summed E-state index contributed by atoms with van der Waals surface area (Å²) in [6, 6.07) is 0.387. The molecule has 0 saturated heterocycles. The van der Waals surface area contributed by atoms with E-state index in [0.29, 0.717) is 6.07 Å². The highest BCUT2D eigenvalue weighted by atomic mass is 19.2. The maximum atomic E-state index is 13.4. The molecule has 0 unspecified atom stereocenters. The Morgan fingerprint density at radius 2 is 1.81 bits per heavy atom. The van der Waals surface area contributed by atoms with E-state index in [9.17, 15) is 18.0 Å². The van der Waals surface area contributed by atoms with Gasteiger partial charge in [0, 0.05) is 24.9 Å². The highest BCUT2D eigenvalue weighted by molar-refractivity contribution is 5.80. The van der Waals surface area contributed by atoms with E-state index in [-0.39, 0.29) is 11.1 Å². The molecule has 2 nitrogen and oxygen atoms in total. The zero-order valence-corrected chi connectivity index (χ0v) is 8.64. The zero-order chi connectivity index (χ0) is 12.0. The fourth-order valence-electron chi connectivity index (χ4n) is 1.74. The Hall–Kier alpha value is -1.78. The lowest BCUT2D eigenvalue weighted by molar-refractivity contribution is 0.501. The summed E-state index contributed by atoms with van der Waals surface area (Å²) in [6.07, 6.45) is 1.34. The van der Waals surface area contributed by atoms with Crippen molar-refractivity contribution in [2.24, 2.45) is 7.05 Å². The second-order valence-corrected chi connectivity index (χ2v) is 3.63. The quantitative estimate of drug-likeness (QED) is 0.633. The first-order chi connectivity index (χ1) is 7.43. The van der Waals surface area contributed by atoms with Crippen LogP contribution in [0.15, 0.2) is 17.1 Å². The van der Waals surface area contributed by atoms with Crippen molar-refractivity contribution >= 4 is 10.9 Å². The van der Waals surface area contributed by atoms with Crippen LogP contribution in [-0.2, 0) is 7.05 Å². The number of benzene rings is 1. The van der Waals surface area contributed by atoms with Gasteiger partial charge in [0.1, 0.15) is 5.82 Å². The van der Waals surface area contributed by atoms with Crippen LogP contribution >= 0.6 is 0 Å². The lowest BCUT2D eigenvalue weighted by Crippen LogP contribution is -2.14. The molecule has 0 amide bonds. The molecule has 0 atom stereocenters. The molecule has 0 aliphatic heterocycles. The summed E-state index contributed by atoms with van der Waals surface area (Å²) in [4.78, 5) is 11.6. The maximum absolute atomic E-state index is 13.4. The zero-order valence-electron chi connectivity index (χ0n) is 8.64. The standard InChI is InChI=1S/C11H8F3NO/c1-5-4-15(2)10-8(11(5)16)6(12)3-7(13)9(10)14/h3-4H,1-2H3. The molecule has 0 N–H and O–H groups in total. The van der Waals surface area contributed by atoms with E-state index >= 15 is 0 Å². The topological polar surface area (TPSA) is 22.0 Å². The SMILES string of the molecule is Cc1cn(C)c2c(F)c(F)cc(F)c2c1=O. The summed E-state index contributed by atoms with van der Waals surface area (Å²) < 4.78 is 41.1. The minimum absolute atomic E-state index is 0.278. The highest BCUT2D eigenvalue weighted by Crippen LogP contribution is 2.20. The van der Waals surface area contributed by atoms with Gasteiger partial charge in [0.2, 0.25) is 0 Å². The van der Waals surface area contributed by atoms with Crippen molar-refractivity contribution in [3.8, 4) is 0 Å². The second-order valence-electron chi connectivity index (χ2n) is 3.63. The molecule has 0 aliphatic carbocycles. The van der Waals surface area contributed by atoms with E-state index < -0.39 is 28.3 Å². The van der Waals surface area contributed by atoms with E-state index in [4.69, 9.17) is 0 Å². The molecule has 1 aromatic carbocycles. The third-order valence-corrected chi connectivity index (χ3v) is 2.47. The van der Waals surface area contributed by atoms with Gasteiger partial charge in [-0.25, -0.2) is 13.2 Å². The lowest BCUT2D eigenvalue weighted by atomic mass is 10.1. The summed E-state index contributed by atoms with van der Waals surface area (Å²) in [5.41, 5.74) is -0.697. The molecule has 16 heavy (non-hydrogen) atoms. The third kappa shape index (κ3) is 1.31. The molecular weight excluding hydrogens is 219 g/mol. The molecule has 0 spiro atoms. The number of aryl methyl sites for hydroxylation is 2. The highest BCUT2D eigenvalue weighted by Gasteiger charge is 2.17. The molecule has 0 bridgehead atoms. The average molecular weight is 227 g/mol. The number of fused-ring (bicyclic) bond motifs is 1. The van der Waals surface area contributed by atoms with E-state index in [1.54, 1.807) is 0 Å². The predicted octanol–water partition coefficient (Wildman–Crippen LogP) is 2.26. The van der Waals surface area contributed by atoms with Gasteiger partial charge in [-0.3, -0.25) is 4.79 Å². The van der Waals surface area contributed by atoms with Crippen LogP contribution in [0.2, 0.25) is 0 Å². The van der Waals surface area contributed by atoms with Crippen LogP contribution < -0.4 is 5.43 Å². The van der Waals surface area contributed by atoms with Gasteiger partial charge in [0.15, 0.2) is 17.1 Å². The number of nitrogens with zero attached hydrogens (tertiary/aromatic N) is 1. The molecule has 2 rings (SSSR count). The number of hydrogen-bond donors (Lipinski definition) is 0. The van der Waals surface area contributed by atoms with Crippen LogP contribution in [0.4, 0.5) is 13.2 Å². The molecule has 2 aromatic rings. The van der Waals surface area contributed by atoms with Crippen LogP contribution in [0.5, 0.6) is 0 Å². The van der Waals surface area contributed by atoms with Crippen molar-refractivity contribution in [1.29, 1.82) is 0 Å². The smallest absolute Gasteiger partial charge is 0.195 e. The molecule has 84 valence electrons. The number of pyridine rings is 1. The molecule has 0 radical (unpaired) electrons. The van der Waals surface area contributed by atoms with Crippen molar-refractivity contribution in [2.45, 2.75) is 6.92 Å². The van der Waals surface area contributed by atoms with Crippen LogP contribution in [0.25, 0.3) is 10.9 Å². The Labute approximate surface area is 88.9 Å². The molecule has 1 aromatic heterocycles. The van der Waals surface area contributed by atoms with Gasteiger partial charge in [-0.05, 0) is 6.92 Å². The minimum Gasteiger partial charge on any atom is -0.348 e. The Bertz CT molecular complexity index is 646. The molecule has 0 fully saturated rings. The van der Waals surface area contributed by atoms with Gasteiger partial charge in [-0.15, -0.1) is 0 Å². The van der Waals surface area contributed by atoms with E-state index in [2.05, 4.69) is 0 Å². The van der Waals surface area contributed by atoms with Gasteiger partial charge in [0.25, 0.3) is 0 Å². The van der Waals surface area contributed by atoms with Crippen molar-refractivity contribution in [1.82, 2.24) is 4.57 Å². The van der Waals surface area contributed by atoms with Gasteiger partial charge >= 0.3 is 0 Å². The Morgan fingerprint density at radius 3 is 2.44 bits per heavy atom. The third-order valence-electron chi connectivity index (χ3n) is 2.47. The summed E-state index contributed by atoms with van der Waals surface area (Å²) in [5, 5.41) is -0.415. The fraction of sp³-hybridized carbons (Fsp3) is 0.182. The van der Waals surface area contributed by atoms with Crippen molar-refractivity contribution in [3.05, 3.63) is 45.5 Å². The number of hydrogen-bond acceptors (Lipinski definition) is 1.